The monoisotopic (exact) mass is 311 g/mol. The molecule has 4 rings (SSSR count). The van der Waals surface area contributed by atoms with Crippen molar-refractivity contribution in [3.05, 3.63) is 41.3 Å². The molecule has 0 aliphatic carbocycles. The molecule has 3 aromatic heterocycles. The molecule has 0 spiro atoms. The number of aromatic nitrogens is 3. The molecule has 4 aromatic rings. The van der Waals surface area contributed by atoms with E-state index in [2.05, 4.69) is 39.6 Å². The van der Waals surface area contributed by atoms with E-state index in [1.165, 1.54) is 0 Å². The maximum absolute atomic E-state index is 10.2. The van der Waals surface area contributed by atoms with Gasteiger partial charge in [-0.2, -0.15) is 5.10 Å². The number of benzene rings is 1. The van der Waals surface area contributed by atoms with Crippen LogP contribution < -0.4 is 0 Å². The van der Waals surface area contributed by atoms with Crippen LogP contribution in [0.2, 0.25) is 0 Å². The van der Waals surface area contributed by atoms with Gasteiger partial charge in [0.15, 0.2) is 0 Å². The second-order valence-corrected chi connectivity index (χ2v) is 6.49. The summed E-state index contributed by atoms with van der Waals surface area (Å²) in [6.45, 7) is 2.08. The number of thiophene rings is 1. The molecule has 0 bridgehead atoms. The Labute approximate surface area is 131 Å². The Bertz CT molecular complexity index is 934. The summed E-state index contributed by atoms with van der Waals surface area (Å²) in [6.07, 6.45) is 1.36. The summed E-state index contributed by atoms with van der Waals surface area (Å²) in [4.78, 5) is 3.43. The van der Waals surface area contributed by atoms with Crippen molar-refractivity contribution in [1.29, 1.82) is 0 Å². The van der Waals surface area contributed by atoms with Gasteiger partial charge in [-0.25, -0.2) is 0 Å². The second kappa shape index (κ2) is 5.26. The number of rotatable bonds is 4. The summed E-state index contributed by atoms with van der Waals surface area (Å²) in [5.74, 6) is 0. The zero-order chi connectivity index (χ0) is 15.1. The third-order valence-electron chi connectivity index (χ3n) is 4.02. The number of fused-ring (bicyclic) bond motifs is 2. The summed E-state index contributed by atoms with van der Waals surface area (Å²) in [5.41, 5.74) is 5.03. The van der Waals surface area contributed by atoms with E-state index in [1.54, 1.807) is 11.3 Å². The van der Waals surface area contributed by atoms with Gasteiger partial charge in [-0.3, -0.25) is 5.10 Å². The van der Waals surface area contributed by atoms with E-state index in [-0.39, 0.29) is 0 Å². The third kappa shape index (κ3) is 2.14. The smallest absolute Gasteiger partial charge is 0.126 e. The van der Waals surface area contributed by atoms with Crippen molar-refractivity contribution in [3.8, 4) is 11.4 Å². The van der Waals surface area contributed by atoms with E-state index in [0.717, 1.165) is 50.9 Å². The fourth-order valence-electron chi connectivity index (χ4n) is 2.85. The third-order valence-corrected chi connectivity index (χ3v) is 4.94. The molecule has 0 saturated carbocycles. The Balaban J connectivity index is 1.79. The molecule has 3 N–H and O–H groups in total. The van der Waals surface area contributed by atoms with Crippen molar-refractivity contribution >= 4 is 32.5 Å². The lowest BCUT2D eigenvalue weighted by Crippen LogP contribution is -1.95. The molecule has 22 heavy (non-hydrogen) atoms. The van der Waals surface area contributed by atoms with Crippen LogP contribution in [0.15, 0.2) is 35.7 Å². The molecule has 1 atom stereocenters. The fraction of sp³-hybridized carbons (Fsp3) is 0.235. The summed E-state index contributed by atoms with van der Waals surface area (Å²) in [5, 5.41) is 20.8. The minimum absolute atomic E-state index is 0.393. The molecule has 4 nitrogen and oxygen atoms in total. The number of aliphatic hydroxyl groups excluding tert-OH is 1. The van der Waals surface area contributed by atoms with Crippen LogP contribution in [-0.2, 0) is 0 Å². The highest BCUT2D eigenvalue weighted by Gasteiger charge is 2.13. The highest BCUT2D eigenvalue weighted by molar-refractivity contribution is 7.17. The number of aromatic amines is 2. The van der Waals surface area contributed by atoms with Gasteiger partial charge in [0.2, 0.25) is 0 Å². The van der Waals surface area contributed by atoms with Crippen LogP contribution in [0, 0.1) is 0 Å². The van der Waals surface area contributed by atoms with Crippen LogP contribution in [0.1, 0.15) is 31.4 Å². The maximum atomic E-state index is 10.2. The zero-order valence-corrected chi connectivity index (χ0v) is 13.1. The standard InChI is InChI=1S/C17H17N3OS/c1-2-3-15(21)11-5-4-10-8-14(18-13(10)9-11)16-17-12(19-20-16)6-7-22-17/h4-9,15,18,21H,2-3H2,1H3,(H,19,20). The molecule has 0 aliphatic heterocycles. The van der Waals surface area contributed by atoms with Gasteiger partial charge < -0.3 is 10.1 Å². The predicted molar refractivity (Wildman–Crippen MR) is 91.1 cm³/mol. The second-order valence-electron chi connectivity index (χ2n) is 5.57. The Morgan fingerprint density at radius 1 is 1.23 bits per heavy atom. The molecule has 112 valence electrons. The van der Waals surface area contributed by atoms with E-state index in [9.17, 15) is 5.11 Å². The number of nitrogens with zero attached hydrogens (tertiary/aromatic N) is 1. The lowest BCUT2D eigenvalue weighted by Gasteiger charge is -2.09. The van der Waals surface area contributed by atoms with Crippen molar-refractivity contribution < 1.29 is 5.11 Å². The Kier molecular flexibility index (Phi) is 3.24. The predicted octanol–water partition coefficient (Wildman–Crippen LogP) is 4.61. The lowest BCUT2D eigenvalue weighted by atomic mass is 10.0. The van der Waals surface area contributed by atoms with E-state index >= 15 is 0 Å². The molecule has 0 radical (unpaired) electrons. The molecular formula is C17H17N3OS. The number of nitrogens with one attached hydrogen (secondary N) is 2. The van der Waals surface area contributed by atoms with Gasteiger partial charge in [0, 0.05) is 10.9 Å². The van der Waals surface area contributed by atoms with Gasteiger partial charge in [0.1, 0.15) is 5.69 Å². The van der Waals surface area contributed by atoms with Gasteiger partial charge in [0.05, 0.1) is 22.0 Å². The molecule has 0 fully saturated rings. The molecule has 1 unspecified atom stereocenters. The Morgan fingerprint density at radius 3 is 3.00 bits per heavy atom. The first kappa shape index (κ1) is 13.5. The van der Waals surface area contributed by atoms with Gasteiger partial charge >= 0.3 is 0 Å². The zero-order valence-electron chi connectivity index (χ0n) is 12.3. The highest BCUT2D eigenvalue weighted by Crippen LogP contribution is 2.32. The number of aliphatic hydroxyl groups is 1. The first-order chi connectivity index (χ1) is 10.8. The summed E-state index contributed by atoms with van der Waals surface area (Å²) in [6, 6.07) is 10.3. The van der Waals surface area contributed by atoms with Gasteiger partial charge in [-0.15, -0.1) is 11.3 Å². The number of H-pyrrole nitrogens is 2. The molecule has 3 heterocycles. The van der Waals surface area contributed by atoms with Crippen molar-refractivity contribution in [2.24, 2.45) is 0 Å². The topological polar surface area (TPSA) is 64.7 Å². The average molecular weight is 311 g/mol. The van der Waals surface area contributed by atoms with Gasteiger partial charge in [-0.05, 0) is 35.6 Å². The first-order valence-electron chi connectivity index (χ1n) is 7.49. The molecule has 0 aliphatic rings. The normalized spacial score (nSPS) is 13.2. The molecule has 1 aromatic carbocycles. The van der Waals surface area contributed by atoms with E-state index in [4.69, 9.17) is 0 Å². The summed E-state index contributed by atoms with van der Waals surface area (Å²) < 4.78 is 1.16. The van der Waals surface area contributed by atoms with Crippen molar-refractivity contribution in [3.63, 3.8) is 0 Å². The molecule has 0 amide bonds. The van der Waals surface area contributed by atoms with Crippen molar-refractivity contribution in [1.82, 2.24) is 15.2 Å². The number of hydrogen-bond donors (Lipinski definition) is 3. The molecular weight excluding hydrogens is 294 g/mol. The van der Waals surface area contributed by atoms with E-state index in [1.807, 2.05) is 18.2 Å². The summed E-state index contributed by atoms with van der Waals surface area (Å²) in [7, 11) is 0. The maximum Gasteiger partial charge on any atom is 0.126 e. The minimum Gasteiger partial charge on any atom is -0.388 e. The Morgan fingerprint density at radius 2 is 2.14 bits per heavy atom. The fourth-order valence-corrected chi connectivity index (χ4v) is 3.70. The average Bonchev–Trinajstić information content (AvgIpc) is 3.20. The van der Waals surface area contributed by atoms with Gasteiger partial charge in [0.25, 0.3) is 0 Å². The van der Waals surface area contributed by atoms with Crippen LogP contribution in [0.25, 0.3) is 32.5 Å². The van der Waals surface area contributed by atoms with Crippen LogP contribution >= 0.6 is 11.3 Å². The van der Waals surface area contributed by atoms with E-state index < -0.39 is 6.10 Å². The highest BCUT2D eigenvalue weighted by atomic mass is 32.1. The summed E-state index contributed by atoms with van der Waals surface area (Å²) >= 11 is 1.69. The van der Waals surface area contributed by atoms with Crippen LogP contribution in [0.4, 0.5) is 0 Å². The largest absolute Gasteiger partial charge is 0.388 e. The quantitative estimate of drug-likeness (QED) is 0.515. The first-order valence-corrected chi connectivity index (χ1v) is 8.37. The van der Waals surface area contributed by atoms with Crippen LogP contribution in [-0.4, -0.2) is 20.3 Å². The van der Waals surface area contributed by atoms with Crippen LogP contribution in [0.3, 0.4) is 0 Å². The number of hydrogen-bond acceptors (Lipinski definition) is 3. The van der Waals surface area contributed by atoms with Crippen molar-refractivity contribution in [2.45, 2.75) is 25.9 Å². The van der Waals surface area contributed by atoms with Crippen LogP contribution in [0.5, 0.6) is 0 Å². The Hall–Kier alpha value is -2.11. The SMILES string of the molecule is CCCC(O)c1ccc2cc(-c3n[nH]c4ccsc34)[nH]c2c1. The van der Waals surface area contributed by atoms with Crippen molar-refractivity contribution in [2.75, 3.05) is 0 Å². The van der Waals surface area contributed by atoms with E-state index in [0.29, 0.717) is 0 Å². The molecule has 0 saturated heterocycles. The molecule has 5 heteroatoms. The van der Waals surface area contributed by atoms with Gasteiger partial charge in [-0.1, -0.05) is 25.5 Å². The minimum atomic E-state index is -0.393. The lowest BCUT2D eigenvalue weighted by molar-refractivity contribution is 0.166.